The molecule has 1 aliphatic heterocycles. The summed E-state index contributed by atoms with van der Waals surface area (Å²) in [6.07, 6.45) is 2.57. The number of para-hydroxylation sites is 2. The first-order valence-electron chi connectivity index (χ1n) is 14.7. The molecule has 6 rings (SSSR count). The third-order valence-electron chi connectivity index (χ3n) is 7.87. The second kappa shape index (κ2) is 13.5. The molecule has 1 N–H and O–H groups in total. The first-order valence-corrected chi connectivity index (χ1v) is 14.7. The second-order valence-electron chi connectivity index (χ2n) is 10.8. The fraction of sp³-hybridized carbons (Fsp3) is 0.250. The maximum absolute atomic E-state index is 13.5. The molecule has 5 aromatic rings. The highest BCUT2D eigenvalue weighted by molar-refractivity contribution is 5.87. The van der Waals surface area contributed by atoms with Crippen molar-refractivity contribution in [1.82, 2.24) is 14.8 Å². The van der Waals surface area contributed by atoms with Gasteiger partial charge in [0.15, 0.2) is 0 Å². The van der Waals surface area contributed by atoms with Gasteiger partial charge >= 0.3 is 0 Å². The number of rotatable bonds is 11. The first-order chi connectivity index (χ1) is 20.7. The molecule has 2 heterocycles. The third-order valence-corrected chi connectivity index (χ3v) is 7.87. The Morgan fingerprint density at radius 2 is 1.55 bits per heavy atom. The van der Waals surface area contributed by atoms with Crippen molar-refractivity contribution in [2.45, 2.75) is 18.9 Å². The summed E-state index contributed by atoms with van der Waals surface area (Å²) in [7, 11) is 0. The number of ether oxygens (including phenoxy) is 2. The Hall–Kier alpha value is -4.39. The Morgan fingerprint density at radius 3 is 2.36 bits per heavy atom. The van der Waals surface area contributed by atoms with E-state index in [4.69, 9.17) is 9.47 Å². The number of benzene rings is 4. The highest BCUT2D eigenvalue weighted by Crippen LogP contribution is 2.37. The molecule has 0 unspecified atom stereocenters. The number of nitrogens with one attached hydrogen (secondary N) is 1. The molecule has 42 heavy (non-hydrogen) atoms. The van der Waals surface area contributed by atoms with Crippen LogP contribution in [0.4, 0.5) is 0 Å². The minimum atomic E-state index is -0.144. The normalized spacial score (nSPS) is 14.5. The predicted octanol–water partition coefficient (Wildman–Crippen LogP) is 6.45. The van der Waals surface area contributed by atoms with Crippen LogP contribution in [-0.4, -0.2) is 54.8 Å². The molecule has 0 saturated carbocycles. The molecule has 6 heteroatoms. The number of carbonyl (C=O) groups excluding carboxylic acids is 1. The van der Waals surface area contributed by atoms with Gasteiger partial charge in [0.2, 0.25) is 5.91 Å². The van der Waals surface area contributed by atoms with Crippen LogP contribution in [0.3, 0.4) is 0 Å². The second-order valence-corrected chi connectivity index (χ2v) is 10.8. The number of hydrogen-bond donors (Lipinski definition) is 1. The van der Waals surface area contributed by atoms with Gasteiger partial charge in [-0.2, -0.15) is 0 Å². The van der Waals surface area contributed by atoms with E-state index in [2.05, 4.69) is 81.6 Å². The van der Waals surface area contributed by atoms with E-state index >= 15 is 0 Å². The summed E-state index contributed by atoms with van der Waals surface area (Å²) in [6.45, 7) is 5.54. The Morgan fingerprint density at radius 1 is 0.833 bits per heavy atom. The Labute approximate surface area is 247 Å². The predicted molar refractivity (Wildman–Crippen MR) is 167 cm³/mol. The third kappa shape index (κ3) is 6.90. The molecular formula is C36H37N3O3. The van der Waals surface area contributed by atoms with E-state index in [1.165, 1.54) is 5.56 Å². The van der Waals surface area contributed by atoms with Crippen LogP contribution in [0.25, 0.3) is 10.9 Å². The molecule has 1 aromatic heterocycles. The van der Waals surface area contributed by atoms with E-state index in [1.54, 1.807) is 0 Å². The van der Waals surface area contributed by atoms with Crippen molar-refractivity contribution < 1.29 is 14.3 Å². The van der Waals surface area contributed by atoms with Crippen LogP contribution in [0.5, 0.6) is 11.5 Å². The van der Waals surface area contributed by atoms with Crippen molar-refractivity contribution >= 4 is 16.8 Å². The first kappa shape index (κ1) is 27.8. The smallest absolute Gasteiger partial charge is 0.220 e. The zero-order valence-electron chi connectivity index (χ0n) is 23.8. The lowest BCUT2D eigenvalue weighted by Crippen LogP contribution is -2.41. The van der Waals surface area contributed by atoms with Gasteiger partial charge in [-0.05, 0) is 47.0 Å². The molecular weight excluding hydrogens is 522 g/mol. The van der Waals surface area contributed by atoms with Gasteiger partial charge in [-0.1, -0.05) is 78.9 Å². The molecule has 6 nitrogen and oxygen atoms in total. The molecule has 1 atom stereocenters. The molecule has 1 fully saturated rings. The maximum Gasteiger partial charge on any atom is 0.220 e. The number of nitrogens with zero attached hydrogens (tertiary/aromatic N) is 2. The SMILES string of the molecule is O=C(C[C@H](c1cccc(Oc2ccccc2)c1)c1cn(Cc2ccccc2)c2ccccc12)NCCN1CCOCC1. The summed E-state index contributed by atoms with van der Waals surface area (Å²) in [5, 5.41) is 4.35. The van der Waals surface area contributed by atoms with Crippen molar-refractivity contribution in [2.75, 3.05) is 39.4 Å². The average Bonchev–Trinajstić information content (AvgIpc) is 3.39. The van der Waals surface area contributed by atoms with Crippen LogP contribution in [0.2, 0.25) is 0 Å². The standard InChI is InChI=1S/C36H37N3O3/c40-36(37-18-19-38-20-22-41-23-21-38)25-33(29-12-9-15-31(24-29)42-30-13-5-2-6-14-30)34-27-39(26-28-10-3-1-4-11-28)35-17-8-7-16-32(34)35/h1-17,24,27,33H,18-23,25-26H2,(H,37,40)/t33-/m1/s1. The lowest BCUT2D eigenvalue weighted by Gasteiger charge is -2.26. The average molecular weight is 560 g/mol. The van der Waals surface area contributed by atoms with Crippen LogP contribution < -0.4 is 10.1 Å². The number of morpholine rings is 1. The van der Waals surface area contributed by atoms with Gasteiger partial charge in [-0.15, -0.1) is 0 Å². The summed E-state index contributed by atoms with van der Waals surface area (Å²) in [6, 6.07) is 36.9. The highest BCUT2D eigenvalue weighted by Gasteiger charge is 2.24. The van der Waals surface area contributed by atoms with E-state index in [0.717, 1.165) is 72.9 Å². The molecule has 214 valence electrons. The van der Waals surface area contributed by atoms with Crippen molar-refractivity contribution in [3.8, 4) is 11.5 Å². The Bertz CT molecular complexity index is 1590. The number of aromatic nitrogens is 1. The largest absolute Gasteiger partial charge is 0.457 e. The molecule has 0 spiro atoms. The van der Waals surface area contributed by atoms with E-state index < -0.39 is 0 Å². The number of amides is 1. The Kier molecular flexibility index (Phi) is 8.93. The van der Waals surface area contributed by atoms with Crippen molar-refractivity contribution in [1.29, 1.82) is 0 Å². The molecule has 0 bridgehead atoms. The minimum Gasteiger partial charge on any atom is -0.457 e. The van der Waals surface area contributed by atoms with Crippen LogP contribution >= 0.6 is 0 Å². The fourth-order valence-corrected chi connectivity index (χ4v) is 5.73. The van der Waals surface area contributed by atoms with Crippen LogP contribution in [0.15, 0.2) is 115 Å². The number of carbonyl (C=O) groups is 1. The molecule has 1 aliphatic rings. The van der Waals surface area contributed by atoms with E-state index in [-0.39, 0.29) is 11.8 Å². The highest BCUT2D eigenvalue weighted by atomic mass is 16.5. The minimum absolute atomic E-state index is 0.0440. The number of hydrogen-bond acceptors (Lipinski definition) is 4. The lowest BCUT2D eigenvalue weighted by atomic mass is 9.88. The molecule has 1 amide bonds. The zero-order chi connectivity index (χ0) is 28.6. The quantitative estimate of drug-likeness (QED) is 0.202. The van der Waals surface area contributed by atoms with E-state index in [9.17, 15) is 4.79 Å². The van der Waals surface area contributed by atoms with Crippen molar-refractivity contribution in [2.24, 2.45) is 0 Å². The maximum atomic E-state index is 13.5. The number of fused-ring (bicyclic) bond motifs is 1. The Balaban J connectivity index is 1.30. The van der Waals surface area contributed by atoms with Gasteiger partial charge < -0.3 is 19.4 Å². The van der Waals surface area contributed by atoms with Crippen LogP contribution in [-0.2, 0) is 16.1 Å². The summed E-state index contributed by atoms with van der Waals surface area (Å²) < 4.78 is 13.9. The van der Waals surface area contributed by atoms with Crippen LogP contribution in [0.1, 0.15) is 29.0 Å². The van der Waals surface area contributed by atoms with Gasteiger partial charge in [0.25, 0.3) is 0 Å². The van der Waals surface area contributed by atoms with Crippen LogP contribution in [0, 0.1) is 0 Å². The van der Waals surface area contributed by atoms with Gasteiger partial charge in [0, 0.05) is 62.2 Å². The molecule has 4 aromatic carbocycles. The van der Waals surface area contributed by atoms with E-state index in [1.807, 2.05) is 48.5 Å². The monoisotopic (exact) mass is 559 g/mol. The topological polar surface area (TPSA) is 55.7 Å². The lowest BCUT2D eigenvalue weighted by molar-refractivity contribution is -0.121. The molecule has 1 saturated heterocycles. The molecule has 0 radical (unpaired) electrons. The summed E-state index contributed by atoms with van der Waals surface area (Å²) in [5.41, 5.74) is 4.59. The van der Waals surface area contributed by atoms with Gasteiger partial charge in [-0.25, -0.2) is 0 Å². The summed E-state index contributed by atoms with van der Waals surface area (Å²) >= 11 is 0. The fourth-order valence-electron chi connectivity index (χ4n) is 5.73. The van der Waals surface area contributed by atoms with Crippen molar-refractivity contribution in [3.05, 3.63) is 132 Å². The van der Waals surface area contributed by atoms with E-state index in [0.29, 0.717) is 13.0 Å². The van der Waals surface area contributed by atoms with Gasteiger partial charge in [-0.3, -0.25) is 9.69 Å². The summed E-state index contributed by atoms with van der Waals surface area (Å²) in [4.78, 5) is 15.8. The molecule has 0 aliphatic carbocycles. The zero-order valence-corrected chi connectivity index (χ0v) is 23.8. The van der Waals surface area contributed by atoms with Gasteiger partial charge in [0.05, 0.1) is 13.2 Å². The van der Waals surface area contributed by atoms with Crippen molar-refractivity contribution in [3.63, 3.8) is 0 Å². The van der Waals surface area contributed by atoms with Gasteiger partial charge in [0.1, 0.15) is 11.5 Å². The summed E-state index contributed by atoms with van der Waals surface area (Å²) in [5.74, 6) is 1.44.